The summed E-state index contributed by atoms with van der Waals surface area (Å²) in [6.07, 6.45) is 4.72. The van der Waals surface area contributed by atoms with Gasteiger partial charge in [-0.15, -0.1) is 0 Å². The van der Waals surface area contributed by atoms with Crippen LogP contribution in [0.2, 0.25) is 0 Å². The molecule has 1 saturated carbocycles. The van der Waals surface area contributed by atoms with Crippen molar-refractivity contribution in [1.82, 2.24) is 0 Å². The second-order valence-electron chi connectivity index (χ2n) is 7.88. The molecule has 0 atom stereocenters. The molecule has 8 nitrogen and oxygen atoms in total. The first-order chi connectivity index (χ1) is 14.3. The standard InChI is InChI=1S/C21H23N3O5S/c1-14-6-8-18(24(26)27)13-20(14)30(28,29)22-17-7-9-19-16(12-17)10-11-23(19)21(25)15-4-2-3-5-15/h6-9,12-13,15,22H,2-5,10-11H2,1H3. The van der Waals surface area contributed by atoms with Gasteiger partial charge in [0.2, 0.25) is 5.91 Å². The molecule has 0 spiro atoms. The third-order valence-electron chi connectivity index (χ3n) is 5.87. The van der Waals surface area contributed by atoms with E-state index in [1.807, 2.05) is 4.90 Å². The molecule has 1 N–H and O–H groups in total. The lowest BCUT2D eigenvalue weighted by atomic mass is 10.1. The van der Waals surface area contributed by atoms with E-state index in [0.717, 1.165) is 43.0 Å². The molecule has 1 aliphatic heterocycles. The van der Waals surface area contributed by atoms with Crippen molar-refractivity contribution in [1.29, 1.82) is 0 Å². The third-order valence-corrected chi connectivity index (χ3v) is 7.39. The van der Waals surface area contributed by atoms with E-state index in [4.69, 9.17) is 0 Å². The average Bonchev–Trinajstić information content (AvgIpc) is 3.37. The highest BCUT2D eigenvalue weighted by molar-refractivity contribution is 7.92. The summed E-state index contributed by atoms with van der Waals surface area (Å²) >= 11 is 0. The van der Waals surface area contributed by atoms with Crippen LogP contribution in [0.5, 0.6) is 0 Å². The van der Waals surface area contributed by atoms with Gasteiger partial charge >= 0.3 is 0 Å². The van der Waals surface area contributed by atoms with Crippen molar-refractivity contribution in [2.45, 2.75) is 43.9 Å². The fraction of sp³-hybridized carbons (Fsp3) is 0.381. The summed E-state index contributed by atoms with van der Waals surface area (Å²) in [7, 11) is -4.00. The van der Waals surface area contributed by atoms with Crippen molar-refractivity contribution >= 4 is 33.0 Å². The SMILES string of the molecule is Cc1ccc([N+](=O)[O-])cc1S(=O)(=O)Nc1ccc2c(c1)CCN2C(=O)C1CCCC1. The van der Waals surface area contributed by atoms with E-state index in [9.17, 15) is 23.3 Å². The van der Waals surface area contributed by atoms with Crippen LogP contribution in [0.1, 0.15) is 36.8 Å². The number of anilines is 2. The first-order valence-corrected chi connectivity index (χ1v) is 11.5. The number of hydrogen-bond acceptors (Lipinski definition) is 5. The lowest BCUT2D eigenvalue weighted by molar-refractivity contribution is -0.385. The van der Waals surface area contributed by atoms with Crippen molar-refractivity contribution in [3.8, 4) is 0 Å². The van der Waals surface area contributed by atoms with Gasteiger partial charge in [-0.25, -0.2) is 8.42 Å². The van der Waals surface area contributed by atoms with Gasteiger partial charge < -0.3 is 4.90 Å². The van der Waals surface area contributed by atoms with Crippen LogP contribution in [0.25, 0.3) is 0 Å². The molecule has 0 unspecified atom stereocenters. The second kappa shape index (κ2) is 7.71. The minimum Gasteiger partial charge on any atom is -0.312 e. The molecule has 2 aromatic carbocycles. The Bertz CT molecular complexity index is 1120. The lowest BCUT2D eigenvalue weighted by Crippen LogP contribution is -2.33. The number of aryl methyl sites for hydroxylation is 1. The first kappa shape index (κ1) is 20.3. The number of hydrogen-bond donors (Lipinski definition) is 1. The molecule has 0 saturated heterocycles. The van der Waals surface area contributed by atoms with E-state index in [0.29, 0.717) is 24.2 Å². The number of non-ortho nitro benzene ring substituents is 1. The fourth-order valence-electron chi connectivity index (χ4n) is 4.29. The van der Waals surface area contributed by atoms with Crippen LogP contribution in [-0.2, 0) is 21.2 Å². The number of rotatable bonds is 5. The van der Waals surface area contributed by atoms with Gasteiger partial charge in [-0.1, -0.05) is 18.9 Å². The molecule has 30 heavy (non-hydrogen) atoms. The van der Waals surface area contributed by atoms with Gasteiger partial charge in [-0.3, -0.25) is 19.6 Å². The smallest absolute Gasteiger partial charge is 0.270 e. The van der Waals surface area contributed by atoms with Crippen molar-refractivity contribution < 1.29 is 18.1 Å². The first-order valence-electron chi connectivity index (χ1n) is 9.98. The molecule has 0 bridgehead atoms. The summed E-state index contributed by atoms with van der Waals surface area (Å²) in [4.78, 5) is 24.9. The predicted molar refractivity (Wildman–Crippen MR) is 113 cm³/mol. The maximum atomic E-state index is 12.8. The number of nitro benzene ring substituents is 1. The summed E-state index contributed by atoms with van der Waals surface area (Å²) in [5, 5.41) is 11.0. The van der Waals surface area contributed by atoms with Gasteiger partial charge in [-0.05, 0) is 55.5 Å². The summed E-state index contributed by atoms with van der Waals surface area (Å²) in [5.74, 6) is 0.248. The lowest BCUT2D eigenvalue weighted by Gasteiger charge is -2.21. The summed E-state index contributed by atoms with van der Waals surface area (Å²) in [6, 6.07) is 8.90. The fourth-order valence-corrected chi connectivity index (χ4v) is 5.60. The molecule has 0 radical (unpaired) electrons. The number of benzene rings is 2. The number of amides is 1. The summed E-state index contributed by atoms with van der Waals surface area (Å²) < 4.78 is 28.2. The molecule has 2 aliphatic rings. The summed E-state index contributed by atoms with van der Waals surface area (Å²) in [5.41, 5.74) is 2.26. The molecule has 1 fully saturated rings. The Morgan fingerprint density at radius 2 is 1.90 bits per heavy atom. The molecule has 0 aromatic heterocycles. The monoisotopic (exact) mass is 429 g/mol. The quantitative estimate of drug-likeness (QED) is 0.574. The number of sulfonamides is 1. The van der Waals surface area contributed by atoms with Gasteiger partial charge in [0.15, 0.2) is 0 Å². The largest absolute Gasteiger partial charge is 0.312 e. The number of nitrogens with zero attached hydrogens (tertiary/aromatic N) is 2. The Labute approximate surface area is 175 Å². The number of nitrogens with one attached hydrogen (secondary N) is 1. The molecule has 4 rings (SSSR count). The van der Waals surface area contributed by atoms with E-state index >= 15 is 0 Å². The van der Waals surface area contributed by atoms with Crippen LogP contribution in [0.3, 0.4) is 0 Å². The number of carbonyl (C=O) groups is 1. The predicted octanol–water partition coefficient (Wildman–Crippen LogP) is 3.78. The van der Waals surface area contributed by atoms with E-state index in [-0.39, 0.29) is 22.4 Å². The molecular weight excluding hydrogens is 406 g/mol. The second-order valence-corrected chi connectivity index (χ2v) is 9.53. The van der Waals surface area contributed by atoms with Gasteiger partial charge in [0.05, 0.1) is 9.82 Å². The minimum absolute atomic E-state index is 0.0889. The van der Waals surface area contributed by atoms with Gasteiger partial charge in [-0.2, -0.15) is 0 Å². The van der Waals surface area contributed by atoms with Crippen molar-refractivity contribution in [2.75, 3.05) is 16.2 Å². The normalized spacial score (nSPS) is 16.5. The van der Waals surface area contributed by atoms with Crippen molar-refractivity contribution in [3.05, 3.63) is 57.6 Å². The van der Waals surface area contributed by atoms with E-state index < -0.39 is 14.9 Å². The van der Waals surface area contributed by atoms with Gasteiger partial charge in [0.25, 0.3) is 15.7 Å². The van der Waals surface area contributed by atoms with Gasteiger partial charge in [0.1, 0.15) is 0 Å². The molecule has 1 amide bonds. The third kappa shape index (κ3) is 3.77. The van der Waals surface area contributed by atoms with Crippen LogP contribution >= 0.6 is 0 Å². The summed E-state index contributed by atoms with van der Waals surface area (Å²) in [6.45, 7) is 2.19. The number of fused-ring (bicyclic) bond motifs is 1. The average molecular weight is 429 g/mol. The molecule has 9 heteroatoms. The molecule has 2 aromatic rings. The zero-order valence-corrected chi connectivity index (χ0v) is 17.4. The Balaban J connectivity index is 1.57. The molecule has 158 valence electrons. The Morgan fingerprint density at radius 1 is 1.17 bits per heavy atom. The Hall–Kier alpha value is -2.94. The maximum absolute atomic E-state index is 12.8. The van der Waals surface area contributed by atoms with Crippen molar-refractivity contribution in [3.63, 3.8) is 0 Å². The Morgan fingerprint density at radius 3 is 2.60 bits per heavy atom. The minimum atomic E-state index is -4.00. The zero-order valence-electron chi connectivity index (χ0n) is 16.6. The highest BCUT2D eigenvalue weighted by atomic mass is 32.2. The van der Waals surface area contributed by atoms with Crippen LogP contribution < -0.4 is 9.62 Å². The molecule has 1 heterocycles. The van der Waals surface area contributed by atoms with E-state index in [1.54, 1.807) is 25.1 Å². The van der Waals surface area contributed by atoms with Crippen LogP contribution in [-0.4, -0.2) is 25.8 Å². The van der Waals surface area contributed by atoms with E-state index in [1.165, 1.54) is 12.1 Å². The molecule has 1 aliphatic carbocycles. The highest BCUT2D eigenvalue weighted by Gasteiger charge is 2.32. The number of nitro groups is 1. The number of carbonyl (C=O) groups excluding carboxylic acids is 1. The van der Waals surface area contributed by atoms with Crippen LogP contribution in [0.15, 0.2) is 41.3 Å². The van der Waals surface area contributed by atoms with Crippen molar-refractivity contribution in [2.24, 2.45) is 5.92 Å². The van der Waals surface area contributed by atoms with Gasteiger partial charge in [0, 0.05) is 36.0 Å². The van der Waals surface area contributed by atoms with E-state index in [2.05, 4.69) is 4.72 Å². The molecular formula is C21H23N3O5S. The zero-order chi connectivity index (χ0) is 21.5. The topological polar surface area (TPSA) is 110 Å². The van der Waals surface area contributed by atoms with Crippen LogP contribution in [0.4, 0.5) is 17.1 Å². The maximum Gasteiger partial charge on any atom is 0.270 e. The van der Waals surface area contributed by atoms with Crippen LogP contribution in [0, 0.1) is 23.0 Å². The Kier molecular flexibility index (Phi) is 5.23. The highest BCUT2D eigenvalue weighted by Crippen LogP contribution is 2.35.